The predicted molar refractivity (Wildman–Crippen MR) is 262 cm³/mol. The minimum absolute atomic E-state index is 0.0104. The number of rotatable bonds is 34. The molecule has 0 saturated carbocycles. The number of amides is 6. The van der Waals surface area contributed by atoms with Gasteiger partial charge >= 0.3 is 5.97 Å². The summed E-state index contributed by atoms with van der Waals surface area (Å²) in [5, 5.41) is 36.1. The molecule has 67 heavy (non-hydrogen) atoms. The van der Waals surface area contributed by atoms with Gasteiger partial charge in [0, 0.05) is 30.1 Å². The largest absolute Gasteiger partial charge is 0.508 e. The zero-order valence-corrected chi connectivity index (χ0v) is 40.3. The van der Waals surface area contributed by atoms with E-state index in [2.05, 4.69) is 43.8 Å². The van der Waals surface area contributed by atoms with Gasteiger partial charge in [-0.3, -0.25) is 33.6 Å². The summed E-state index contributed by atoms with van der Waals surface area (Å²) in [7, 11) is 0. The number of phenols is 1. The molecule has 0 radical (unpaired) electrons. The first-order chi connectivity index (χ1) is 32.3. The van der Waals surface area contributed by atoms with Crippen LogP contribution in [0.3, 0.4) is 0 Å². The van der Waals surface area contributed by atoms with E-state index in [4.69, 9.17) is 5.73 Å². The number of aromatic nitrogens is 1. The lowest BCUT2D eigenvalue weighted by molar-refractivity contribution is -0.141. The van der Waals surface area contributed by atoms with E-state index >= 15 is 0 Å². The Labute approximate surface area is 399 Å². The van der Waals surface area contributed by atoms with E-state index in [1.54, 1.807) is 18.3 Å². The number of hydrogen-bond donors (Lipinski definition) is 10. The van der Waals surface area contributed by atoms with Gasteiger partial charge < -0.3 is 52.8 Å². The minimum atomic E-state index is -1.40. The number of carboxylic acid groups (broad SMARTS) is 1. The van der Waals surface area contributed by atoms with Crippen LogP contribution >= 0.6 is 11.8 Å². The summed E-state index contributed by atoms with van der Waals surface area (Å²) < 4.78 is 0. The fourth-order valence-corrected chi connectivity index (χ4v) is 8.05. The average Bonchev–Trinajstić information content (AvgIpc) is 3.72. The molecule has 1 heterocycles. The zero-order chi connectivity index (χ0) is 49.0. The van der Waals surface area contributed by atoms with Crippen LogP contribution in [-0.4, -0.2) is 112 Å². The first-order valence-corrected chi connectivity index (χ1v) is 25.2. The van der Waals surface area contributed by atoms with Crippen LogP contribution in [0.25, 0.3) is 10.9 Å². The molecule has 3 rings (SSSR count). The van der Waals surface area contributed by atoms with Gasteiger partial charge in [-0.2, -0.15) is 11.8 Å². The van der Waals surface area contributed by atoms with Crippen molar-refractivity contribution in [1.29, 1.82) is 0 Å². The number of benzene rings is 2. The van der Waals surface area contributed by atoms with Crippen molar-refractivity contribution in [3.63, 3.8) is 0 Å². The summed E-state index contributed by atoms with van der Waals surface area (Å²) in [5.74, 6) is -4.80. The number of unbranched alkanes of at least 4 members (excludes halogenated alkanes) is 10. The Bertz CT molecular complexity index is 2010. The summed E-state index contributed by atoms with van der Waals surface area (Å²) >= 11 is 1.42. The van der Waals surface area contributed by atoms with Gasteiger partial charge in [-0.25, -0.2) is 0 Å². The monoisotopic (exact) mass is 951 g/mol. The van der Waals surface area contributed by atoms with E-state index in [0.29, 0.717) is 36.3 Å². The van der Waals surface area contributed by atoms with Crippen LogP contribution in [0.2, 0.25) is 0 Å². The maximum atomic E-state index is 14.2. The van der Waals surface area contributed by atoms with Crippen molar-refractivity contribution in [3.05, 3.63) is 65.9 Å². The number of thioether (sulfide) groups is 1. The number of H-pyrrole nitrogens is 1. The smallest absolute Gasteiger partial charge is 0.305 e. The van der Waals surface area contributed by atoms with Crippen molar-refractivity contribution in [2.75, 3.05) is 25.1 Å². The van der Waals surface area contributed by atoms with Gasteiger partial charge in [-0.1, -0.05) is 115 Å². The van der Waals surface area contributed by atoms with E-state index in [1.807, 2.05) is 37.4 Å². The Morgan fingerprint density at radius 3 is 1.88 bits per heavy atom. The number of carbonyl (C=O) groups excluding carboxylic acids is 6. The highest BCUT2D eigenvalue weighted by Gasteiger charge is 2.32. The molecule has 6 amide bonds. The standard InChI is InChI=1S/C49H74N8O9S/c1-4-6-8-9-10-11-12-13-14-17-26-51-47(64)42(30-44(60)61)57-48(65)40(25-27-67-3)56-49(66)41(29-34-31-52-38-20-16-15-18-36(34)38)54-43(59)32-53-46(63)39(19-7-5-2)55-45(62)37(50)28-33-21-23-35(58)24-22-33/h15-16,18,20-24,31,37,39-42,52,58H,4-14,17,19,25-30,32,50H2,1-3H3,(H,51,64)(H,53,63)(H,54,59)(H,55,62)(H,56,66)(H,57,65)(H,60,61)/t37-,39-,40-,41-,42-/m0/s1. The highest BCUT2D eigenvalue weighted by atomic mass is 32.2. The SMILES string of the molecule is CCCCCCCCCCCCNC(=O)[C@H](CC(=O)O)NC(=O)[C@H](CCSC)NC(=O)[C@H](Cc1c[nH]c2ccccc12)NC(=O)CNC(=O)[C@H](CCCC)NC(=O)[C@@H](N)Cc1ccc(O)cc1. The third-order valence-corrected chi connectivity index (χ3v) is 12.1. The topological polar surface area (TPSA) is 274 Å². The van der Waals surface area contributed by atoms with Gasteiger partial charge in [0.2, 0.25) is 35.4 Å². The first-order valence-electron chi connectivity index (χ1n) is 23.8. The number of phenolic OH excluding ortho intramolecular Hbond substituents is 1. The molecule has 18 heteroatoms. The fraction of sp³-hybridized carbons (Fsp3) is 0.571. The maximum absolute atomic E-state index is 14.2. The predicted octanol–water partition coefficient (Wildman–Crippen LogP) is 4.50. The highest BCUT2D eigenvalue weighted by Crippen LogP contribution is 2.20. The molecule has 0 saturated heterocycles. The lowest BCUT2D eigenvalue weighted by Gasteiger charge is -2.25. The van der Waals surface area contributed by atoms with Crippen LogP contribution in [0.1, 0.15) is 121 Å². The summed E-state index contributed by atoms with van der Waals surface area (Å²) in [5.41, 5.74) is 8.37. The number of fused-ring (bicyclic) bond motifs is 1. The van der Waals surface area contributed by atoms with Gasteiger partial charge in [-0.05, 0) is 67.0 Å². The Kier molecular flexibility index (Phi) is 26.1. The van der Waals surface area contributed by atoms with Crippen molar-refractivity contribution in [1.82, 2.24) is 36.9 Å². The van der Waals surface area contributed by atoms with E-state index in [0.717, 1.165) is 36.6 Å². The molecule has 0 unspecified atom stereocenters. The van der Waals surface area contributed by atoms with Gasteiger partial charge in [0.15, 0.2) is 0 Å². The van der Waals surface area contributed by atoms with Gasteiger partial charge in [-0.15, -0.1) is 0 Å². The Hall–Kier alpha value is -5.62. The second-order valence-corrected chi connectivity index (χ2v) is 18.0. The van der Waals surface area contributed by atoms with Crippen molar-refractivity contribution >= 4 is 64.1 Å². The Morgan fingerprint density at radius 2 is 1.22 bits per heavy atom. The molecule has 0 aliphatic rings. The van der Waals surface area contributed by atoms with Crippen LogP contribution in [0, 0.1) is 0 Å². The number of para-hydroxylation sites is 1. The highest BCUT2D eigenvalue weighted by molar-refractivity contribution is 7.98. The molecule has 0 spiro atoms. The minimum Gasteiger partial charge on any atom is -0.508 e. The molecule has 3 aromatic rings. The second-order valence-electron chi connectivity index (χ2n) is 17.1. The third kappa shape index (κ3) is 21.3. The van der Waals surface area contributed by atoms with Crippen molar-refractivity contribution < 1.29 is 43.8 Å². The third-order valence-electron chi connectivity index (χ3n) is 11.5. The summed E-state index contributed by atoms with van der Waals surface area (Å²) in [6.07, 6.45) is 15.9. The molecular formula is C49H74N8O9S. The van der Waals surface area contributed by atoms with E-state index in [9.17, 15) is 43.8 Å². The fourth-order valence-electron chi connectivity index (χ4n) is 7.58. The van der Waals surface area contributed by atoms with E-state index in [-0.39, 0.29) is 31.4 Å². The van der Waals surface area contributed by atoms with E-state index in [1.165, 1.54) is 62.4 Å². The molecule has 11 N–H and O–H groups in total. The van der Waals surface area contributed by atoms with Crippen LogP contribution < -0.4 is 37.6 Å². The number of aromatic hydroxyl groups is 1. The lowest BCUT2D eigenvalue weighted by atomic mass is 10.0. The number of aliphatic carboxylic acids is 1. The molecule has 0 fully saturated rings. The molecule has 0 aliphatic carbocycles. The van der Waals surface area contributed by atoms with Crippen molar-refractivity contribution in [2.24, 2.45) is 5.73 Å². The van der Waals surface area contributed by atoms with Crippen LogP contribution in [0.15, 0.2) is 54.7 Å². The maximum Gasteiger partial charge on any atom is 0.305 e. The number of nitrogens with one attached hydrogen (secondary N) is 7. The molecule has 0 aliphatic heterocycles. The average molecular weight is 951 g/mol. The van der Waals surface area contributed by atoms with Crippen molar-refractivity contribution in [3.8, 4) is 5.75 Å². The van der Waals surface area contributed by atoms with Crippen LogP contribution in [0.5, 0.6) is 5.75 Å². The summed E-state index contributed by atoms with van der Waals surface area (Å²) in [4.78, 5) is 96.3. The Morgan fingerprint density at radius 1 is 0.642 bits per heavy atom. The van der Waals surface area contributed by atoms with E-state index < -0.39 is 84.6 Å². The molecule has 0 bridgehead atoms. The molecule has 17 nitrogen and oxygen atoms in total. The molecule has 2 aromatic carbocycles. The number of aromatic amines is 1. The second kappa shape index (κ2) is 31.4. The quantitative estimate of drug-likeness (QED) is 0.0373. The number of carbonyl (C=O) groups is 7. The zero-order valence-electron chi connectivity index (χ0n) is 39.5. The first kappa shape index (κ1) is 55.7. The van der Waals surface area contributed by atoms with Crippen LogP contribution in [0.4, 0.5) is 0 Å². The summed E-state index contributed by atoms with van der Waals surface area (Å²) in [6.45, 7) is 3.91. The van der Waals surface area contributed by atoms with Gasteiger partial charge in [0.25, 0.3) is 0 Å². The summed E-state index contributed by atoms with van der Waals surface area (Å²) in [6, 6.07) is 7.83. The van der Waals surface area contributed by atoms with Crippen LogP contribution in [-0.2, 0) is 46.4 Å². The Balaban J connectivity index is 1.68. The number of hydrogen-bond acceptors (Lipinski definition) is 10. The number of nitrogens with two attached hydrogens (primary N) is 1. The molecular weight excluding hydrogens is 877 g/mol. The molecule has 5 atom stereocenters. The number of carboxylic acids is 1. The molecule has 1 aromatic heterocycles. The normalized spacial score (nSPS) is 13.4. The lowest BCUT2D eigenvalue weighted by Crippen LogP contribution is -2.58. The van der Waals surface area contributed by atoms with Gasteiger partial charge in [0.1, 0.15) is 29.9 Å². The van der Waals surface area contributed by atoms with Gasteiger partial charge in [0.05, 0.1) is 19.0 Å². The molecule has 370 valence electrons. The van der Waals surface area contributed by atoms with Crippen molar-refractivity contribution in [2.45, 2.75) is 153 Å².